The number of aliphatic carboxylic acids is 1. The van der Waals surface area contributed by atoms with Gasteiger partial charge in [0.2, 0.25) is 0 Å². The topological polar surface area (TPSA) is 46.5 Å². The third-order valence-electron chi connectivity index (χ3n) is 2.66. The molecule has 0 saturated carbocycles. The van der Waals surface area contributed by atoms with Crippen molar-refractivity contribution in [3.63, 3.8) is 0 Å². The van der Waals surface area contributed by atoms with Crippen molar-refractivity contribution in [1.82, 2.24) is 0 Å². The van der Waals surface area contributed by atoms with Crippen LogP contribution in [0.4, 0.5) is 0 Å². The van der Waals surface area contributed by atoms with Crippen LogP contribution in [0.2, 0.25) is 0 Å². The monoisotopic (exact) mass is 238 g/mol. The van der Waals surface area contributed by atoms with Crippen molar-refractivity contribution in [2.75, 3.05) is 13.2 Å². The number of carbonyl (C=O) groups is 1. The Balaban J connectivity index is 2.18. The molecule has 1 atom stereocenters. The molecule has 0 radical (unpaired) electrons. The summed E-state index contributed by atoms with van der Waals surface area (Å²) in [4.78, 5) is 12.0. The highest BCUT2D eigenvalue weighted by Gasteiger charge is 2.23. The molecule has 1 N–H and O–H groups in total. The van der Waals surface area contributed by atoms with Crippen molar-refractivity contribution in [3.8, 4) is 0 Å². The predicted octanol–water partition coefficient (Wildman–Crippen LogP) is 2.37. The molecule has 1 fully saturated rings. The molecule has 16 heavy (non-hydrogen) atoms. The number of rotatable bonds is 4. The van der Waals surface area contributed by atoms with Crippen molar-refractivity contribution >= 4 is 17.7 Å². The van der Waals surface area contributed by atoms with E-state index in [0.29, 0.717) is 5.25 Å². The number of thioether (sulfide) groups is 1. The third kappa shape index (κ3) is 2.39. The van der Waals surface area contributed by atoms with E-state index in [9.17, 15) is 4.79 Å². The molecule has 0 aliphatic carbocycles. The molecule has 0 spiro atoms. The van der Waals surface area contributed by atoms with E-state index >= 15 is 0 Å². The standard InChI is InChI=1S/C12H14O3S/c1-8(12(13)14)10-4-2-3-5-11(10)16-9-6-15-7-9/h2-5,8-9H,6-7H2,1H3,(H,13,14). The summed E-state index contributed by atoms with van der Waals surface area (Å²) < 4.78 is 5.12. The summed E-state index contributed by atoms with van der Waals surface area (Å²) in [5.74, 6) is -1.23. The molecule has 1 aromatic rings. The van der Waals surface area contributed by atoms with Gasteiger partial charge in [-0.3, -0.25) is 4.79 Å². The lowest BCUT2D eigenvalue weighted by molar-refractivity contribution is -0.138. The molecule has 86 valence electrons. The molecule has 0 amide bonds. The highest BCUT2D eigenvalue weighted by atomic mass is 32.2. The van der Waals surface area contributed by atoms with Crippen LogP contribution in [0.15, 0.2) is 29.2 Å². The number of hydrogen-bond acceptors (Lipinski definition) is 3. The van der Waals surface area contributed by atoms with Crippen molar-refractivity contribution in [3.05, 3.63) is 29.8 Å². The maximum absolute atomic E-state index is 11.0. The second kappa shape index (κ2) is 4.89. The van der Waals surface area contributed by atoms with Crippen LogP contribution in [0.25, 0.3) is 0 Å². The van der Waals surface area contributed by atoms with Crippen LogP contribution in [0.3, 0.4) is 0 Å². The Morgan fingerprint density at radius 3 is 2.75 bits per heavy atom. The first-order chi connectivity index (χ1) is 7.68. The third-order valence-corrected chi connectivity index (χ3v) is 3.89. The van der Waals surface area contributed by atoms with Crippen LogP contribution in [0.5, 0.6) is 0 Å². The molecule has 1 saturated heterocycles. The van der Waals surface area contributed by atoms with Gasteiger partial charge in [0.05, 0.1) is 24.4 Å². The van der Waals surface area contributed by atoms with Crippen LogP contribution in [-0.4, -0.2) is 29.5 Å². The normalized spacial score (nSPS) is 17.8. The Bertz CT molecular complexity index is 388. The van der Waals surface area contributed by atoms with Crippen molar-refractivity contribution in [2.45, 2.75) is 23.0 Å². The predicted molar refractivity (Wildman–Crippen MR) is 63.0 cm³/mol. The Morgan fingerprint density at radius 2 is 2.19 bits per heavy atom. The van der Waals surface area contributed by atoms with E-state index in [0.717, 1.165) is 23.7 Å². The van der Waals surface area contributed by atoms with Gasteiger partial charge in [-0.25, -0.2) is 0 Å². The molecule has 1 heterocycles. The Kier molecular flexibility index (Phi) is 3.51. The van der Waals surface area contributed by atoms with E-state index < -0.39 is 11.9 Å². The average Bonchev–Trinajstić information content (AvgIpc) is 2.23. The minimum absolute atomic E-state index is 0.454. The summed E-state index contributed by atoms with van der Waals surface area (Å²) in [5.41, 5.74) is 0.895. The van der Waals surface area contributed by atoms with E-state index in [-0.39, 0.29) is 0 Å². The zero-order valence-electron chi connectivity index (χ0n) is 9.05. The maximum Gasteiger partial charge on any atom is 0.310 e. The molecular formula is C12H14O3S. The summed E-state index contributed by atoms with van der Waals surface area (Å²) in [6.45, 7) is 3.25. The fourth-order valence-electron chi connectivity index (χ4n) is 1.54. The Hall–Kier alpha value is -1.00. The van der Waals surface area contributed by atoms with Crippen LogP contribution >= 0.6 is 11.8 Å². The van der Waals surface area contributed by atoms with E-state index in [1.807, 2.05) is 24.3 Å². The fourth-order valence-corrected chi connectivity index (χ4v) is 2.77. The fraction of sp³-hybridized carbons (Fsp3) is 0.417. The number of hydrogen-bond donors (Lipinski definition) is 1. The molecule has 1 aliphatic heterocycles. The number of ether oxygens (including phenoxy) is 1. The van der Waals surface area contributed by atoms with Gasteiger partial charge in [-0.1, -0.05) is 18.2 Å². The lowest BCUT2D eigenvalue weighted by Crippen LogP contribution is -2.30. The first-order valence-corrected chi connectivity index (χ1v) is 6.12. The van der Waals surface area contributed by atoms with Crippen molar-refractivity contribution in [2.24, 2.45) is 0 Å². The van der Waals surface area contributed by atoms with Gasteiger partial charge in [0.15, 0.2) is 0 Å². The first kappa shape index (κ1) is 11.5. The quantitative estimate of drug-likeness (QED) is 0.874. The Morgan fingerprint density at radius 1 is 1.50 bits per heavy atom. The summed E-state index contributed by atoms with van der Waals surface area (Å²) >= 11 is 1.71. The largest absolute Gasteiger partial charge is 0.481 e. The zero-order valence-corrected chi connectivity index (χ0v) is 9.87. The van der Waals surface area contributed by atoms with Gasteiger partial charge < -0.3 is 9.84 Å². The molecule has 4 heteroatoms. The highest BCUT2D eigenvalue weighted by molar-refractivity contribution is 8.00. The lowest BCUT2D eigenvalue weighted by Gasteiger charge is -2.26. The summed E-state index contributed by atoms with van der Waals surface area (Å²) in [5, 5.41) is 9.51. The summed E-state index contributed by atoms with van der Waals surface area (Å²) in [6.07, 6.45) is 0. The van der Waals surface area contributed by atoms with Crippen LogP contribution < -0.4 is 0 Å². The van der Waals surface area contributed by atoms with Crippen LogP contribution in [0.1, 0.15) is 18.4 Å². The highest BCUT2D eigenvalue weighted by Crippen LogP contribution is 2.33. The van der Waals surface area contributed by atoms with Crippen molar-refractivity contribution in [1.29, 1.82) is 0 Å². The summed E-state index contributed by atoms with van der Waals surface area (Å²) in [6, 6.07) is 7.70. The lowest BCUT2D eigenvalue weighted by atomic mass is 10.0. The molecule has 1 aromatic carbocycles. The SMILES string of the molecule is CC(C(=O)O)c1ccccc1SC1COC1. The van der Waals surface area contributed by atoms with E-state index in [1.165, 1.54) is 0 Å². The summed E-state index contributed by atoms with van der Waals surface area (Å²) in [7, 11) is 0. The molecule has 0 aromatic heterocycles. The second-order valence-corrected chi connectivity index (χ2v) is 5.22. The molecule has 2 rings (SSSR count). The zero-order chi connectivity index (χ0) is 11.5. The number of carboxylic acid groups (broad SMARTS) is 1. The minimum atomic E-state index is -0.780. The first-order valence-electron chi connectivity index (χ1n) is 5.24. The molecule has 3 nitrogen and oxygen atoms in total. The minimum Gasteiger partial charge on any atom is -0.481 e. The number of carboxylic acids is 1. The smallest absolute Gasteiger partial charge is 0.310 e. The van der Waals surface area contributed by atoms with Gasteiger partial charge in [-0.05, 0) is 18.6 Å². The molecular weight excluding hydrogens is 224 g/mol. The van der Waals surface area contributed by atoms with Gasteiger partial charge in [0.25, 0.3) is 0 Å². The number of benzene rings is 1. The van der Waals surface area contributed by atoms with E-state index in [1.54, 1.807) is 18.7 Å². The maximum atomic E-state index is 11.0. The van der Waals surface area contributed by atoms with Crippen LogP contribution in [-0.2, 0) is 9.53 Å². The van der Waals surface area contributed by atoms with Crippen LogP contribution in [0, 0.1) is 0 Å². The average molecular weight is 238 g/mol. The molecule has 1 aliphatic rings. The van der Waals surface area contributed by atoms with Gasteiger partial charge >= 0.3 is 5.97 Å². The van der Waals surface area contributed by atoms with Gasteiger partial charge in [-0.2, -0.15) is 0 Å². The molecule has 0 bridgehead atoms. The van der Waals surface area contributed by atoms with Crippen molar-refractivity contribution < 1.29 is 14.6 Å². The Labute approximate surface area is 98.8 Å². The van der Waals surface area contributed by atoms with Gasteiger partial charge in [0, 0.05) is 4.90 Å². The second-order valence-electron chi connectivity index (χ2n) is 3.88. The molecule has 1 unspecified atom stereocenters. The van der Waals surface area contributed by atoms with E-state index in [4.69, 9.17) is 9.84 Å². The van der Waals surface area contributed by atoms with E-state index in [2.05, 4.69) is 0 Å². The van der Waals surface area contributed by atoms with Gasteiger partial charge in [-0.15, -0.1) is 11.8 Å². The van der Waals surface area contributed by atoms with Gasteiger partial charge in [0.1, 0.15) is 0 Å².